The summed E-state index contributed by atoms with van der Waals surface area (Å²) in [6, 6.07) is 21.8. The van der Waals surface area contributed by atoms with E-state index in [0.717, 1.165) is 16.0 Å². The lowest BCUT2D eigenvalue weighted by molar-refractivity contribution is -0.128. The fraction of sp³-hybridized carbons (Fsp3) is 0.208. The van der Waals surface area contributed by atoms with Gasteiger partial charge in [0.25, 0.3) is 5.56 Å². The molecule has 5 nitrogen and oxygen atoms in total. The van der Waals surface area contributed by atoms with Gasteiger partial charge in [-0.3, -0.25) is 14.2 Å². The van der Waals surface area contributed by atoms with Gasteiger partial charge in [0.1, 0.15) is 4.83 Å². The number of carbonyl (C=O) groups excluding carboxylic acids is 1. The van der Waals surface area contributed by atoms with Crippen molar-refractivity contribution in [1.29, 1.82) is 0 Å². The van der Waals surface area contributed by atoms with Gasteiger partial charge in [-0.2, -0.15) is 0 Å². The number of fused-ring (bicyclic) bond motifs is 1. The average molecular weight is 450 g/mol. The molecular weight excluding hydrogens is 426 g/mol. The van der Waals surface area contributed by atoms with Crippen LogP contribution < -0.4 is 5.56 Å². The Morgan fingerprint density at radius 1 is 1.10 bits per heavy atom. The third kappa shape index (κ3) is 4.73. The second-order valence-electron chi connectivity index (χ2n) is 7.14. The lowest BCUT2D eigenvalue weighted by Gasteiger charge is -2.21. The van der Waals surface area contributed by atoms with E-state index in [9.17, 15) is 9.59 Å². The molecule has 2 heterocycles. The number of rotatable bonds is 7. The van der Waals surface area contributed by atoms with E-state index < -0.39 is 0 Å². The second-order valence-corrected chi connectivity index (χ2v) is 9.11. The van der Waals surface area contributed by atoms with Crippen molar-refractivity contribution in [3.05, 3.63) is 82.6 Å². The number of amides is 1. The van der Waals surface area contributed by atoms with E-state index in [2.05, 4.69) is 0 Å². The molecule has 0 unspecified atom stereocenters. The SMILES string of the molecule is CCN(Cc1ccccc1)C(=O)CSc1nc2sc(-c3ccccc3)cc2c(=O)n1C. The number of hydrogen-bond donors (Lipinski definition) is 0. The molecule has 0 aliphatic carbocycles. The summed E-state index contributed by atoms with van der Waals surface area (Å²) in [5.41, 5.74) is 2.08. The van der Waals surface area contributed by atoms with E-state index in [0.29, 0.717) is 28.5 Å². The molecule has 0 atom stereocenters. The molecule has 0 bridgehead atoms. The fourth-order valence-electron chi connectivity index (χ4n) is 3.32. The molecule has 2 aromatic heterocycles. The molecule has 0 spiro atoms. The molecule has 0 N–H and O–H groups in total. The largest absolute Gasteiger partial charge is 0.338 e. The Hall–Kier alpha value is -2.90. The highest BCUT2D eigenvalue weighted by Crippen LogP contribution is 2.32. The van der Waals surface area contributed by atoms with Gasteiger partial charge in [-0.1, -0.05) is 72.4 Å². The predicted octanol–water partition coefficient (Wildman–Crippen LogP) is 4.80. The number of aromatic nitrogens is 2. The van der Waals surface area contributed by atoms with Crippen LogP contribution >= 0.6 is 23.1 Å². The minimum atomic E-state index is -0.0880. The van der Waals surface area contributed by atoms with Crippen LogP contribution in [0.4, 0.5) is 0 Å². The first-order valence-electron chi connectivity index (χ1n) is 10.1. The number of nitrogens with zero attached hydrogens (tertiary/aromatic N) is 3. The van der Waals surface area contributed by atoms with Crippen LogP contribution in [0.1, 0.15) is 12.5 Å². The van der Waals surface area contributed by atoms with Crippen LogP contribution in [0.15, 0.2) is 76.7 Å². The van der Waals surface area contributed by atoms with E-state index in [1.165, 1.54) is 27.7 Å². The summed E-state index contributed by atoms with van der Waals surface area (Å²) in [6.07, 6.45) is 0. The zero-order chi connectivity index (χ0) is 21.8. The highest BCUT2D eigenvalue weighted by molar-refractivity contribution is 7.99. The number of benzene rings is 2. The van der Waals surface area contributed by atoms with Crippen LogP contribution in [-0.4, -0.2) is 32.7 Å². The van der Waals surface area contributed by atoms with E-state index >= 15 is 0 Å². The molecule has 0 aliphatic rings. The van der Waals surface area contributed by atoms with Crippen molar-refractivity contribution in [2.75, 3.05) is 12.3 Å². The number of thioether (sulfide) groups is 1. The third-order valence-electron chi connectivity index (χ3n) is 5.07. The van der Waals surface area contributed by atoms with E-state index in [1.807, 2.05) is 78.6 Å². The number of carbonyl (C=O) groups is 1. The van der Waals surface area contributed by atoms with Crippen molar-refractivity contribution >= 4 is 39.2 Å². The van der Waals surface area contributed by atoms with Gasteiger partial charge >= 0.3 is 0 Å². The van der Waals surface area contributed by atoms with Gasteiger partial charge in [-0.05, 0) is 24.1 Å². The minimum Gasteiger partial charge on any atom is -0.338 e. The Bertz CT molecular complexity index is 1250. The van der Waals surface area contributed by atoms with Crippen LogP contribution in [-0.2, 0) is 18.4 Å². The first kappa shape index (κ1) is 21.3. The molecule has 0 fully saturated rings. The number of thiophene rings is 1. The molecule has 7 heteroatoms. The average Bonchev–Trinajstić information content (AvgIpc) is 3.24. The van der Waals surface area contributed by atoms with Crippen LogP contribution in [0.2, 0.25) is 0 Å². The summed E-state index contributed by atoms with van der Waals surface area (Å²) in [5.74, 6) is 0.269. The molecule has 0 radical (unpaired) electrons. The highest BCUT2D eigenvalue weighted by Gasteiger charge is 2.17. The molecule has 1 amide bonds. The summed E-state index contributed by atoms with van der Waals surface area (Å²) >= 11 is 2.81. The van der Waals surface area contributed by atoms with Crippen molar-refractivity contribution < 1.29 is 4.79 Å². The van der Waals surface area contributed by atoms with Gasteiger partial charge in [-0.25, -0.2) is 4.98 Å². The van der Waals surface area contributed by atoms with Gasteiger partial charge in [0.05, 0.1) is 11.1 Å². The van der Waals surface area contributed by atoms with E-state index in [4.69, 9.17) is 4.98 Å². The topological polar surface area (TPSA) is 55.2 Å². The summed E-state index contributed by atoms with van der Waals surface area (Å²) in [7, 11) is 1.71. The molecule has 0 saturated carbocycles. The molecule has 4 rings (SSSR count). The molecule has 158 valence electrons. The molecule has 2 aromatic carbocycles. The Balaban J connectivity index is 1.53. The van der Waals surface area contributed by atoms with Crippen molar-refractivity contribution in [2.24, 2.45) is 7.05 Å². The van der Waals surface area contributed by atoms with E-state index in [1.54, 1.807) is 7.05 Å². The third-order valence-corrected chi connectivity index (χ3v) is 7.16. The van der Waals surface area contributed by atoms with Crippen LogP contribution in [0.25, 0.3) is 20.7 Å². The summed E-state index contributed by atoms with van der Waals surface area (Å²) < 4.78 is 1.54. The lowest BCUT2D eigenvalue weighted by atomic mass is 10.2. The monoisotopic (exact) mass is 449 g/mol. The summed E-state index contributed by atoms with van der Waals surface area (Å²) in [4.78, 5) is 33.9. The fourth-order valence-corrected chi connectivity index (χ4v) is 5.27. The number of hydrogen-bond acceptors (Lipinski definition) is 5. The molecular formula is C24H23N3O2S2. The molecule has 4 aromatic rings. The Kier molecular flexibility index (Phi) is 6.53. The molecule has 0 aliphatic heterocycles. The van der Waals surface area contributed by atoms with E-state index in [-0.39, 0.29) is 17.2 Å². The second kappa shape index (κ2) is 9.49. The maximum atomic E-state index is 12.9. The van der Waals surface area contributed by atoms with Crippen molar-refractivity contribution in [3.8, 4) is 10.4 Å². The maximum absolute atomic E-state index is 12.9. The maximum Gasteiger partial charge on any atom is 0.262 e. The molecule has 31 heavy (non-hydrogen) atoms. The normalized spacial score (nSPS) is 11.0. The molecule has 0 saturated heterocycles. The minimum absolute atomic E-state index is 0.0295. The predicted molar refractivity (Wildman–Crippen MR) is 129 cm³/mol. The van der Waals surface area contributed by atoms with Crippen molar-refractivity contribution in [3.63, 3.8) is 0 Å². The quantitative estimate of drug-likeness (QED) is 0.300. The Labute approximate surface area is 189 Å². The van der Waals surface area contributed by atoms with Crippen LogP contribution in [0.3, 0.4) is 0 Å². The first-order chi connectivity index (χ1) is 15.1. The summed E-state index contributed by atoms with van der Waals surface area (Å²) in [6.45, 7) is 3.18. The summed E-state index contributed by atoms with van der Waals surface area (Å²) in [5, 5.41) is 1.17. The van der Waals surface area contributed by atoms with Gasteiger partial charge in [0.15, 0.2) is 5.16 Å². The zero-order valence-electron chi connectivity index (χ0n) is 17.4. The first-order valence-corrected chi connectivity index (χ1v) is 11.9. The Morgan fingerprint density at radius 2 is 1.77 bits per heavy atom. The van der Waals surface area contributed by atoms with Crippen LogP contribution in [0, 0.1) is 0 Å². The zero-order valence-corrected chi connectivity index (χ0v) is 19.1. The smallest absolute Gasteiger partial charge is 0.262 e. The van der Waals surface area contributed by atoms with Crippen molar-refractivity contribution in [1.82, 2.24) is 14.5 Å². The lowest BCUT2D eigenvalue weighted by Crippen LogP contribution is -2.32. The Morgan fingerprint density at radius 3 is 2.45 bits per heavy atom. The van der Waals surface area contributed by atoms with Gasteiger partial charge in [0, 0.05) is 25.0 Å². The highest BCUT2D eigenvalue weighted by atomic mass is 32.2. The van der Waals surface area contributed by atoms with Gasteiger partial charge in [-0.15, -0.1) is 11.3 Å². The van der Waals surface area contributed by atoms with Gasteiger partial charge in [0.2, 0.25) is 5.91 Å². The van der Waals surface area contributed by atoms with Crippen molar-refractivity contribution in [2.45, 2.75) is 18.6 Å². The van der Waals surface area contributed by atoms with Crippen LogP contribution in [0.5, 0.6) is 0 Å². The standard InChI is InChI=1S/C24H23N3O2S2/c1-3-27(15-17-10-6-4-7-11-17)21(28)16-30-24-25-22-19(23(29)26(24)2)14-20(31-22)18-12-8-5-9-13-18/h4-14H,3,15-16H2,1-2H3. The van der Waals surface area contributed by atoms with Gasteiger partial charge < -0.3 is 4.90 Å².